The molecule has 5 nitrogen and oxygen atoms in total. The van der Waals surface area contributed by atoms with Crippen molar-refractivity contribution in [2.45, 2.75) is 65.1 Å². The summed E-state index contributed by atoms with van der Waals surface area (Å²) < 4.78 is 6.02. The normalized spacial score (nSPS) is 15.1. The number of fused-ring (bicyclic) bond motifs is 3. The minimum absolute atomic E-state index is 0.0105. The van der Waals surface area contributed by atoms with Crippen LogP contribution in [0.2, 0.25) is 5.02 Å². The number of phenols is 1. The second-order valence-corrected chi connectivity index (χ2v) is 10.5. The van der Waals surface area contributed by atoms with E-state index >= 15 is 0 Å². The molecule has 0 aliphatic heterocycles. The fourth-order valence-electron chi connectivity index (χ4n) is 4.32. The van der Waals surface area contributed by atoms with Gasteiger partial charge in [-0.1, -0.05) is 11.6 Å². The molecule has 0 saturated heterocycles. The van der Waals surface area contributed by atoms with Gasteiger partial charge in [-0.05, 0) is 77.1 Å². The number of halogens is 1. The number of aliphatic carboxylic acids is 1. The van der Waals surface area contributed by atoms with E-state index in [2.05, 4.69) is 0 Å². The Balaban J connectivity index is 2.12. The molecule has 1 unspecified atom stereocenters. The lowest BCUT2D eigenvalue weighted by Crippen LogP contribution is -2.28. The van der Waals surface area contributed by atoms with Gasteiger partial charge in [0, 0.05) is 37.7 Å². The van der Waals surface area contributed by atoms with Gasteiger partial charge in [-0.15, -0.1) is 11.3 Å². The van der Waals surface area contributed by atoms with Gasteiger partial charge in [0.1, 0.15) is 10.6 Å². The first-order valence-electron chi connectivity index (χ1n) is 10.4. The highest BCUT2D eigenvalue weighted by atomic mass is 35.5. The van der Waals surface area contributed by atoms with Crippen LogP contribution in [0.4, 0.5) is 0 Å². The van der Waals surface area contributed by atoms with E-state index in [1.807, 2.05) is 27.7 Å². The number of benzene rings is 1. The molecular weight excluding hydrogens is 434 g/mol. The van der Waals surface area contributed by atoms with E-state index < -0.39 is 17.7 Å². The second-order valence-electron chi connectivity index (χ2n) is 8.99. The molecule has 0 spiro atoms. The number of ether oxygens (including phenoxy) is 1. The molecule has 7 heteroatoms. The maximum Gasteiger partial charge on any atom is 0.337 e. The van der Waals surface area contributed by atoms with Crippen LogP contribution in [0.3, 0.4) is 0 Å². The van der Waals surface area contributed by atoms with Crippen molar-refractivity contribution in [3.8, 4) is 16.9 Å². The van der Waals surface area contributed by atoms with Gasteiger partial charge in [-0.25, -0.2) is 9.78 Å². The lowest BCUT2D eigenvalue weighted by Gasteiger charge is -2.28. The van der Waals surface area contributed by atoms with Gasteiger partial charge >= 0.3 is 5.97 Å². The van der Waals surface area contributed by atoms with Crippen LogP contribution < -0.4 is 0 Å². The third-order valence-electron chi connectivity index (χ3n) is 5.52. The molecule has 3 aromatic rings. The highest BCUT2D eigenvalue weighted by molar-refractivity contribution is 7.19. The molecule has 164 valence electrons. The number of aromatic nitrogens is 1. The van der Waals surface area contributed by atoms with Gasteiger partial charge in [-0.3, -0.25) is 0 Å². The zero-order valence-corrected chi connectivity index (χ0v) is 19.7. The van der Waals surface area contributed by atoms with Gasteiger partial charge in [-0.2, -0.15) is 0 Å². The average molecular weight is 460 g/mol. The minimum Gasteiger partial charge on any atom is -0.507 e. The van der Waals surface area contributed by atoms with E-state index in [1.165, 1.54) is 16.5 Å². The standard InChI is InChI=1S/C24H26ClNO4S/c1-12-18(21(23(28)29)30-24(2,3)4)19(14-10-9-13(25)11-16(14)27)20-15-7-5-6-8-17(15)31-22(20)26-12/h9-11,21,27H,5-8H2,1-4H3,(H,28,29). The molecule has 2 aromatic heterocycles. The topological polar surface area (TPSA) is 79.7 Å². The van der Waals surface area contributed by atoms with Crippen molar-refractivity contribution in [1.29, 1.82) is 0 Å². The number of aromatic hydroxyl groups is 1. The minimum atomic E-state index is -1.22. The van der Waals surface area contributed by atoms with Crippen molar-refractivity contribution < 1.29 is 19.7 Å². The van der Waals surface area contributed by atoms with Crippen LogP contribution in [0.15, 0.2) is 18.2 Å². The molecular formula is C24H26ClNO4S. The summed E-state index contributed by atoms with van der Waals surface area (Å²) in [6.07, 6.45) is 2.91. The van der Waals surface area contributed by atoms with Crippen molar-refractivity contribution in [3.63, 3.8) is 0 Å². The summed E-state index contributed by atoms with van der Waals surface area (Å²) in [6.45, 7) is 7.30. The lowest BCUT2D eigenvalue weighted by atomic mass is 9.87. The van der Waals surface area contributed by atoms with Crippen LogP contribution in [-0.4, -0.2) is 26.8 Å². The van der Waals surface area contributed by atoms with Crippen molar-refractivity contribution in [1.82, 2.24) is 4.98 Å². The third-order valence-corrected chi connectivity index (χ3v) is 6.94. The highest BCUT2D eigenvalue weighted by Crippen LogP contribution is 2.47. The Bertz CT molecular complexity index is 1180. The van der Waals surface area contributed by atoms with Crippen LogP contribution in [-0.2, 0) is 22.4 Å². The molecule has 2 heterocycles. The number of rotatable bonds is 4. The molecule has 4 rings (SSSR count). The molecule has 0 amide bonds. The summed E-state index contributed by atoms with van der Waals surface area (Å²) in [5.74, 6) is -1.07. The summed E-state index contributed by atoms with van der Waals surface area (Å²) in [4.78, 5) is 19.4. The average Bonchev–Trinajstić information content (AvgIpc) is 3.02. The first-order valence-corrected chi connectivity index (χ1v) is 11.6. The van der Waals surface area contributed by atoms with E-state index in [0.29, 0.717) is 27.4 Å². The van der Waals surface area contributed by atoms with E-state index in [0.717, 1.165) is 35.9 Å². The predicted molar refractivity (Wildman–Crippen MR) is 124 cm³/mol. The number of hydrogen-bond donors (Lipinski definition) is 2. The smallest absolute Gasteiger partial charge is 0.337 e. The van der Waals surface area contributed by atoms with Gasteiger partial charge in [0.25, 0.3) is 0 Å². The SMILES string of the molecule is Cc1nc2sc3c(c2c(-c2ccc(Cl)cc2O)c1C(OC(C)(C)C)C(=O)O)CCCC3. The van der Waals surface area contributed by atoms with Crippen molar-refractivity contribution in [2.24, 2.45) is 0 Å². The zero-order chi connectivity index (χ0) is 22.5. The first kappa shape index (κ1) is 22.1. The van der Waals surface area contributed by atoms with Crippen LogP contribution in [0.25, 0.3) is 21.3 Å². The van der Waals surface area contributed by atoms with E-state index in [4.69, 9.17) is 21.3 Å². The molecule has 2 N–H and O–H groups in total. The first-order chi connectivity index (χ1) is 14.6. The molecule has 0 bridgehead atoms. The summed E-state index contributed by atoms with van der Waals surface area (Å²) in [5, 5.41) is 22.3. The number of pyridine rings is 1. The Hall–Kier alpha value is -2.15. The Labute approximate surface area is 190 Å². The number of nitrogens with zero attached hydrogens (tertiary/aromatic N) is 1. The summed E-state index contributed by atoms with van der Waals surface area (Å²) in [5.41, 5.74) is 2.84. The highest BCUT2D eigenvalue weighted by Gasteiger charge is 2.34. The number of carboxylic acid groups (broad SMARTS) is 1. The molecule has 1 atom stereocenters. The number of carbonyl (C=O) groups is 1. The number of phenolic OH excluding ortho intramolecular Hbond substituents is 1. The van der Waals surface area contributed by atoms with Crippen LogP contribution in [0.5, 0.6) is 5.75 Å². The van der Waals surface area contributed by atoms with Crippen molar-refractivity contribution >= 4 is 39.1 Å². The number of aryl methyl sites for hydroxylation is 3. The quantitative estimate of drug-likeness (QED) is 0.468. The maximum absolute atomic E-state index is 12.4. The fourth-order valence-corrected chi connectivity index (χ4v) is 5.80. The molecule has 0 fully saturated rings. The van der Waals surface area contributed by atoms with E-state index in [9.17, 15) is 15.0 Å². The third kappa shape index (κ3) is 4.16. The van der Waals surface area contributed by atoms with Crippen molar-refractivity contribution in [2.75, 3.05) is 0 Å². The Kier molecular flexibility index (Phi) is 5.75. The zero-order valence-electron chi connectivity index (χ0n) is 18.1. The number of hydrogen-bond acceptors (Lipinski definition) is 5. The fraction of sp³-hybridized carbons (Fsp3) is 0.417. The molecule has 1 aromatic carbocycles. The monoisotopic (exact) mass is 459 g/mol. The van der Waals surface area contributed by atoms with Gasteiger partial charge < -0.3 is 14.9 Å². The predicted octanol–water partition coefficient (Wildman–Crippen LogP) is 6.45. The molecule has 0 radical (unpaired) electrons. The summed E-state index contributed by atoms with van der Waals surface area (Å²) in [7, 11) is 0. The van der Waals surface area contributed by atoms with Gasteiger partial charge in [0.15, 0.2) is 6.10 Å². The Morgan fingerprint density at radius 2 is 1.97 bits per heavy atom. The van der Waals surface area contributed by atoms with E-state index in [1.54, 1.807) is 23.5 Å². The summed E-state index contributed by atoms with van der Waals surface area (Å²) in [6, 6.07) is 4.95. The van der Waals surface area contributed by atoms with Crippen LogP contribution in [0, 0.1) is 6.92 Å². The molecule has 1 aliphatic carbocycles. The van der Waals surface area contributed by atoms with E-state index in [-0.39, 0.29) is 5.75 Å². The van der Waals surface area contributed by atoms with Gasteiger partial charge in [0.05, 0.1) is 5.60 Å². The second kappa shape index (κ2) is 8.08. The molecule has 0 saturated carbocycles. The van der Waals surface area contributed by atoms with Gasteiger partial charge in [0.2, 0.25) is 0 Å². The number of carboxylic acids is 1. The lowest BCUT2D eigenvalue weighted by molar-refractivity contribution is -0.160. The van der Waals surface area contributed by atoms with Crippen LogP contribution in [0.1, 0.15) is 61.4 Å². The number of thiophene rings is 1. The van der Waals surface area contributed by atoms with Crippen molar-refractivity contribution in [3.05, 3.63) is 44.9 Å². The maximum atomic E-state index is 12.4. The Morgan fingerprint density at radius 3 is 2.61 bits per heavy atom. The largest absolute Gasteiger partial charge is 0.507 e. The summed E-state index contributed by atoms with van der Waals surface area (Å²) >= 11 is 7.77. The van der Waals surface area contributed by atoms with Crippen LogP contribution >= 0.6 is 22.9 Å². The Morgan fingerprint density at radius 1 is 1.26 bits per heavy atom. The molecule has 31 heavy (non-hydrogen) atoms. The molecule has 1 aliphatic rings.